The van der Waals surface area contributed by atoms with Crippen LogP contribution in [0.15, 0.2) is 0 Å². The molecule has 4 heteroatoms. The molecule has 0 saturated carbocycles. The molecule has 4 nitrogen and oxygen atoms in total. The quantitative estimate of drug-likeness (QED) is 0.534. The van der Waals surface area contributed by atoms with Crippen molar-refractivity contribution in [2.45, 2.75) is 13.0 Å². The third-order valence-electron chi connectivity index (χ3n) is 2.15. The van der Waals surface area contributed by atoms with Crippen LogP contribution < -0.4 is 11.1 Å². The predicted molar refractivity (Wildman–Crippen MR) is 43.0 cm³/mol. The first-order valence-electron chi connectivity index (χ1n) is 3.80. The number of hydrogen-bond donors (Lipinski definition) is 2. The van der Waals surface area contributed by atoms with Crippen LogP contribution in [-0.2, 0) is 20.0 Å². The number of nitrogens with one attached hydrogen (secondary N) is 1. The topological polar surface area (TPSA) is 55.9 Å². The summed E-state index contributed by atoms with van der Waals surface area (Å²) in [6, 6.07) is 0. The molecule has 1 aromatic heterocycles. The standard InChI is InChI=1S/C7H12N4/c1-11-6-2-3-9-4-5(6)7(8)10-11/h9H,2-4H2,1H3,(H2,8,10). The average molecular weight is 152 g/mol. The van der Waals surface area contributed by atoms with E-state index in [4.69, 9.17) is 5.73 Å². The van der Waals surface area contributed by atoms with Gasteiger partial charge >= 0.3 is 0 Å². The third-order valence-corrected chi connectivity index (χ3v) is 2.15. The summed E-state index contributed by atoms with van der Waals surface area (Å²) >= 11 is 0. The Morgan fingerprint density at radius 2 is 2.45 bits per heavy atom. The van der Waals surface area contributed by atoms with Gasteiger partial charge in [-0.3, -0.25) is 4.68 Å². The zero-order chi connectivity index (χ0) is 7.84. The number of nitrogens with two attached hydrogens (primary N) is 1. The number of fused-ring (bicyclic) bond motifs is 1. The van der Waals surface area contributed by atoms with Crippen LogP contribution in [0.25, 0.3) is 0 Å². The van der Waals surface area contributed by atoms with Gasteiger partial charge in [-0.1, -0.05) is 0 Å². The SMILES string of the molecule is Cn1nc(N)c2c1CCNC2. The van der Waals surface area contributed by atoms with Crippen molar-refractivity contribution in [2.75, 3.05) is 12.3 Å². The fraction of sp³-hybridized carbons (Fsp3) is 0.571. The first kappa shape index (κ1) is 6.67. The molecular weight excluding hydrogens is 140 g/mol. The molecule has 2 rings (SSSR count). The van der Waals surface area contributed by atoms with Crippen LogP contribution in [-0.4, -0.2) is 16.3 Å². The van der Waals surface area contributed by atoms with Crippen molar-refractivity contribution in [2.24, 2.45) is 7.05 Å². The number of rotatable bonds is 0. The van der Waals surface area contributed by atoms with Gasteiger partial charge in [0.1, 0.15) is 5.82 Å². The zero-order valence-corrected chi connectivity index (χ0v) is 6.59. The van der Waals surface area contributed by atoms with Gasteiger partial charge in [-0.05, 0) is 0 Å². The summed E-state index contributed by atoms with van der Waals surface area (Å²) in [5.41, 5.74) is 8.15. The normalized spacial score (nSPS) is 16.5. The number of anilines is 1. The monoisotopic (exact) mass is 152 g/mol. The second kappa shape index (κ2) is 2.23. The van der Waals surface area contributed by atoms with Crippen molar-refractivity contribution in [1.82, 2.24) is 15.1 Å². The largest absolute Gasteiger partial charge is 0.382 e. The Labute approximate surface area is 65.4 Å². The van der Waals surface area contributed by atoms with Crippen LogP contribution in [0.4, 0.5) is 5.82 Å². The molecule has 1 aromatic rings. The Kier molecular flexibility index (Phi) is 1.35. The van der Waals surface area contributed by atoms with Gasteiger partial charge in [0.2, 0.25) is 0 Å². The summed E-state index contributed by atoms with van der Waals surface area (Å²) < 4.78 is 1.88. The highest BCUT2D eigenvalue weighted by Gasteiger charge is 2.16. The minimum Gasteiger partial charge on any atom is -0.382 e. The Hall–Kier alpha value is -1.03. The summed E-state index contributed by atoms with van der Waals surface area (Å²) in [6.45, 7) is 1.90. The van der Waals surface area contributed by atoms with Gasteiger partial charge in [0.05, 0.1) is 0 Å². The summed E-state index contributed by atoms with van der Waals surface area (Å²) in [5, 5.41) is 7.41. The lowest BCUT2D eigenvalue weighted by Gasteiger charge is -2.13. The van der Waals surface area contributed by atoms with E-state index in [1.54, 1.807) is 0 Å². The van der Waals surface area contributed by atoms with Crippen LogP contribution in [0.3, 0.4) is 0 Å². The van der Waals surface area contributed by atoms with Crippen LogP contribution in [0.1, 0.15) is 11.3 Å². The molecule has 0 unspecified atom stereocenters. The molecule has 0 spiro atoms. The fourth-order valence-corrected chi connectivity index (χ4v) is 1.55. The maximum atomic E-state index is 5.69. The lowest BCUT2D eigenvalue weighted by Crippen LogP contribution is -2.24. The Morgan fingerprint density at radius 1 is 1.64 bits per heavy atom. The molecule has 60 valence electrons. The van der Waals surface area contributed by atoms with Gasteiger partial charge in [-0.2, -0.15) is 5.10 Å². The minimum absolute atomic E-state index is 0.676. The number of aryl methyl sites for hydroxylation is 1. The van der Waals surface area contributed by atoms with Crippen LogP contribution in [0.2, 0.25) is 0 Å². The molecule has 0 bridgehead atoms. The Morgan fingerprint density at radius 3 is 3.18 bits per heavy atom. The van der Waals surface area contributed by atoms with Crippen molar-refractivity contribution in [3.8, 4) is 0 Å². The van der Waals surface area contributed by atoms with E-state index >= 15 is 0 Å². The van der Waals surface area contributed by atoms with Crippen LogP contribution in [0, 0.1) is 0 Å². The third kappa shape index (κ3) is 0.903. The summed E-state index contributed by atoms with van der Waals surface area (Å²) in [4.78, 5) is 0. The lowest BCUT2D eigenvalue weighted by molar-refractivity contribution is 0.604. The number of hydrogen-bond acceptors (Lipinski definition) is 3. The predicted octanol–water partition coefficient (Wildman–Crippen LogP) is -0.352. The molecule has 0 aromatic carbocycles. The van der Waals surface area contributed by atoms with Crippen LogP contribution in [0.5, 0.6) is 0 Å². The lowest BCUT2D eigenvalue weighted by atomic mass is 10.1. The van der Waals surface area contributed by atoms with Gasteiger partial charge in [0.25, 0.3) is 0 Å². The van der Waals surface area contributed by atoms with Crippen LogP contribution >= 0.6 is 0 Å². The van der Waals surface area contributed by atoms with Crippen molar-refractivity contribution in [3.63, 3.8) is 0 Å². The molecule has 2 heterocycles. The second-order valence-electron chi connectivity index (χ2n) is 2.86. The smallest absolute Gasteiger partial charge is 0.150 e. The molecule has 0 aliphatic carbocycles. The van der Waals surface area contributed by atoms with E-state index in [1.165, 1.54) is 11.3 Å². The average Bonchev–Trinajstić information content (AvgIpc) is 2.30. The van der Waals surface area contributed by atoms with E-state index in [2.05, 4.69) is 10.4 Å². The number of nitrogens with zero attached hydrogens (tertiary/aromatic N) is 2. The van der Waals surface area contributed by atoms with Crippen molar-refractivity contribution in [1.29, 1.82) is 0 Å². The first-order valence-corrected chi connectivity index (χ1v) is 3.80. The van der Waals surface area contributed by atoms with Gasteiger partial charge in [0, 0.05) is 37.8 Å². The Bertz CT molecular complexity index is 250. The van der Waals surface area contributed by atoms with E-state index in [0.717, 1.165) is 19.5 Å². The molecule has 0 atom stereocenters. The van der Waals surface area contributed by atoms with E-state index in [-0.39, 0.29) is 0 Å². The minimum atomic E-state index is 0.676. The van der Waals surface area contributed by atoms with E-state index in [1.807, 2.05) is 11.7 Å². The molecule has 0 radical (unpaired) electrons. The summed E-state index contributed by atoms with van der Waals surface area (Å²) in [6.07, 6.45) is 1.04. The molecule has 1 aliphatic rings. The van der Waals surface area contributed by atoms with E-state index in [0.29, 0.717) is 5.82 Å². The number of nitrogen functional groups attached to an aromatic ring is 1. The van der Waals surface area contributed by atoms with Gasteiger partial charge < -0.3 is 11.1 Å². The van der Waals surface area contributed by atoms with Gasteiger partial charge in [0.15, 0.2) is 0 Å². The molecule has 0 fully saturated rings. The highest BCUT2D eigenvalue weighted by molar-refractivity contribution is 5.43. The van der Waals surface area contributed by atoms with E-state index in [9.17, 15) is 0 Å². The van der Waals surface area contributed by atoms with Gasteiger partial charge in [-0.25, -0.2) is 0 Å². The second-order valence-corrected chi connectivity index (χ2v) is 2.86. The zero-order valence-electron chi connectivity index (χ0n) is 6.59. The molecule has 11 heavy (non-hydrogen) atoms. The maximum Gasteiger partial charge on any atom is 0.150 e. The molecule has 3 N–H and O–H groups in total. The molecule has 0 amide bonds. The summed E-state index contributed by atoms with van der Waals surface area (Å²) in [5.74, 6) is 0.676. The molecular formula is C7H12N4. The van der Waals surface area contributed by atoms with Crippen molar-refractivity contribution < 1.29 is 0 Å². The maximum absolute atomic E-state index is 5.69. The molecule has 0 saturated heterocycles. The summed E-state index contributed by atoms with van der Waals surface area (Å²) in [7, 11) is 1.94. The van der Waals surface area contributed by atoms with E-state index < -0.39 is 0 Å². The highest BCUT2D eigenvalue weighted by atomic mass is 15.3. The molecule has 1 aliphatic heterocycles. The Balaban J connectivity index is 2.52. The highest BCUT2D eigenvalue weighted by Crippen LogP contribution is 2.18. The first-order chi connectivity index (χ1) is 5.29. The van der Waals surface area contributed by atoms with Crippen molar-refractivity contribution in [3.05, 3.63) is 11.3 Å². The number of aromatic nitrogens is 2. The van der Waals surface area contributed by atoms with Crippen molar-refractivity contribution >= 4 is 5.82 Å². The van der Waals surface area contributed by atoms with Gasteiger partial charge in [-0.15, -0.1) is 0 Å². The fourth-order valence-electron chi connectivity index (χ4n) is 1.55.